The van der Waals surface area contributed by atoms with E-state index in [0.717, 1.165) is 35.7 Å². The van der Waals surface area contributed by atoms with E-state index in [2.05, 4.69) is 4.90 Å². The van der Waals surface area contributed by atoms with Crippen LogP contribution in [0.5, 0.6) is 11.5 Å². The van der Waals surface area contributed by atoms with Crippen LogP contribution in [-0.4, -0.2) is 50.0 Å². The maximum Gasteiger partial charge on any atom is 0.125 e. The van der Waals surface area contributed by atoms with E-state index in [-0.39, 0.29) is 6.10 Å². The lowest BCUT2D eigenvalue weighted by molar-refractivity contribution is 0.0343. The smallest absolute Gasteiger partial charge is 0.125 e. The zero-order valence-corrected chi connectivity index (χ0v) is 13.3. The second-order valence-corrected chi connectivity index (χ2v) is 5.53. The van der Waals surface area contributed by atoms with Crippen molar-refractivity contribution in [1.82, 2.24) is 4.90 Å². The summed E-state index contributed by atoms with van der Waals surface area (Å²) < 4.78 is 16.4. The zero-order chi connectivity index (χ0) is 15.4. The molecule has 1 heterocycles. The average molecular weight is 295 g/mol. The van der Waals surface area contributed by atoms with Crippen LogP contribution < -0.4 is 9.47 Å². The lowest BCUT2D eigenvalue weighted by atomic mass is 9.95. The molecule has 5 nitrogen and oxygen atoms in total. The van der Waals surface area contributed by atoms with E-state index in [9.17, 15) is 5.11 Å². The summed E-state index contributed by atoms with van der Waals surface area (Å²) in [5.74, 6) is 1.51. The second-order valence-electron chi connectivity index (χ2n) is 5.53. The Balaban J connectivity index is 2.17. The van der Waals surface area contributed by atoms with Crippen LogP contribution >= 0.6 is 0 Å². The summed E-state index contributed by atoms with van der Waals surface area (Å²) in [7, 11) is 3.27. The first-order valence-corrected chi connectivity index (χ1v) is 7.32. The normalized spacial score (nSPS) is 18.7. The Kier molecular flexibility index (Phi) is 5.45. The lowest BCUT2D eigenvalue weighted by Crippen LogP contribution is -2.36. The summed E-state index contributed by atoms with van der Waals surface area (Å²) >= 11 is 0. The maximum absolute atomic E-state index is 10.5. The van der Waals surface area contributed by atoms with Gasteiger partial charge in [0.15, 0.2) is 0 Å². The second kappa shape index (κ2) is 7.11. The maximum atomic E-state index is 10.5. The topological polar surface area (TPSA) is 51.2 Å². The van der Waals surface area contributed by atoms with Gasteiger partial charge < -0.3 is 19.3 Å². The van der Waals surface area contributed by atoms with Crippen molar-refractivity contribution >= 4 is 0 Å². The third-order valence-electron chi connectivity index (χ3n) is 3.72. The Labute approximate surface area is 126 Å². The fourth-order valence-corrected chi connectivity index (χ4v) is 2.73. The van der Waals surface area contributed by atoms with E-state index >= 15 is 0 Å². The van der Waals surface area contributed by atoms with Gasteiger partial charge in [-0.1, -0.05) is 0 Å². The molecule has 0 saturated carbocycles. The van der Waals surface area contributed by atoms with Crippen LogP contribution in [0.25, 0.3) is 0 Å². The molecule has 0 spiro atoms. The number of β-amino-alcohol motifs (C(OH)–C–C–N with tert-alkyl or cyclic N) is 1. The molecule has 1 aromatic carbocycles. The molecule has 0 fully saturated rings. The average Bonchev–Trinajstić information content (AvgIpc) is 2.45. The van der Waals surface area contributed by atoms with Crippen LogP contribution in [0.15, 0.2) is 12.1 Å². The first kappa shape index (κ1) is 16.1. The van der Waals surface area contributed by atoms with Crippen molar-refractivity contribution in [2.75, 3.05) is 33.9 Å². The number of aliphatic hydroxyl groups excluding tert-OH is 1. The number of rotatable bonds is 6. The van der Waals surface area contributed by atoms with Gasteiger partial charge in [-0.25, -0.2) is 0 Å². The molecule has 0 aromatic heterocycles. The predicted molar refractivity (Wildman–Crippen MR) is 80.9 cm³/mol. The van der Waals surface area contributed by atoms with Gasteiger partial charge in [-0.2, -0.15) is 0 Å². The van der Waals surface area contributed by atoms with Gasteiger partial charge in [0, 0.05) is 30.8 Å². The van der Waals surface area contributed by atoms with Gasteiger partial charge in [0.1, 0.15) is 11.5 Å². The van der Waals surface area contributed by atoms with Gasteiger partial charge in [-0.15, -0.1) is 0 Å². The molecule has 5 heteroatoms. The number of nitrogens with zero attached hydrogens (tertiary/aromatic N) is 1. The number of aliphatic hydroxyl groups is 1. The van der Waals surface area contributed by atoms with E-state index < -0.39 is 6.10 Å². The Hall–Kier alpha value is -1.30. The van der Waals surface area contributed by atoms with Gasteiger partial charge in [-0.05, 0) is 26.0 Å². The molecular formula is C16H25NO4. The van der Waals surface area contributed by atoms with E-state index in [0.29, 0.717) is 13.2 Å². The van der Waals surface area contributed by atoms with Gasteiger partial charge in [0.25, 0.3) is 0 Å². The largest absolute Gasteiger partial charge is 0.496 e. The number of hydrogen-bond donors (Lipinski definition) is 1. The molecule has 0 radical (unpaired) electrons. The molecule has 2 rings (SSSR count). The van der Waals surface area contributed by atoms with Gasteiger partial charge in [0.2, 0.25) is 0 Å². The fraction of sp³-hybridized carbons (Fsp3) is 0.625. The highest BCUT2D eigenvalue weighted by Crippen LogP contribution is 2.39. The molecule has 1 aromatic rings. The summed E-state index contributed by atoms with van der Waals surface area (Å²) in [5, 5.41) is 10.5. The monoisotopic (exact) mass is 295 g/mol. The molecule has 1 N–H and O–H groups in total. The highest BCUT2D eigenvalue weighted by Gasteiger charge is 2.29. The number of methoxy groups -OCH3 is 2. The van der Waals surface area contributed by atoms with Crippen molar-refractivity contribution in [1.29, 1.82) is 0 Å². The highest BCUT2D eigenvalue weighted by molar-refractivity contribution is 5.51. The summed E-state index contributed by atoms with van der Waals surface area (Å²) in [6.07, 6.45) is -0.348. The SMILES string of the molecule is COc1ccc(OC)c2c1CN(CCOC(C)C)CC2O. The summed E-state index contributed by atoms with van der Waals surface area (Å²) in [6, 6.07) is 3.73. The quantitative estimate of drug-likeness (QED) is 0.869. The zero-order valence-electron chi connectivity index (χ0n) is 13.3. The summed E-state index contributed by atoms with van der Waals surface area (Å²) in [5.41, 5.74) is 1.85. The van der Waals surface area contributed by atoms with Gasteiger partial charge in [-0.3, -0.25) is 4.90 Å². The van der Waals surface area contributed by atoms with E-state index in [1.54, 1.807) is 14.2 Å². The molecule has 1 aliphatic rings. The fourth-order valence-electron chi connectivity index (χ4n) is 2.73. The van der Waals surface area contributed by atoms with Crippen LogP contribution in [0.3, 0.4) is 0 Å². The molecule has 118 valence electrons. The van der Waals surface area contributed by atoms with Crippen molar-refractivity contribution in [3.05, 3.63) is 23.3 Å². The predicted octanol–water partition coefficient (Wildman–Crippen LogP) is 1.98. The molecule has 0 saturated heterocycles. The number of benzene rings is 1. The molecule has 1 unspecified atom stereocenters. The summed E-state index contributed by atoms with van der Waals surface area (Å²) in [4.78, 5) is 2.18. The van der Waals surface area contributed by atoms with Crippen molar-refractivity contribution in [3.8, 4) is 11.5 Å². The molecule has 1 aliphatic heterocycles. The van der Waals surface area contributed by atoms with Gasteiger partial charge >= 0.3 is 0 Å². The first-order valence-electron chi connectivity index (χ1n) is 7.32. The van der Waals surface area contributed by atoms with Crippen LogP contribution in [-0.2, 0) is 11.3 Å². The highest BCUT2D eigenvalue weighted by atomic mass is 16.5. The minimum Gasteiger partial charge on any atom is -0.496 e. The lowest BCUT2D eigenvalue weighted by Gasteiger charge is -2.34. The van der Waals surface area contributed by atoms with Crippen LogP contribution in [0, 0.1) is 0 Å². The number of fused-ring (bicyclic) bond motifs is 1. The Morgan fingerprint density at radius 1 is 1.24 bits per heavy atom. The minimum atomic E-state index is -0.571. The van der Waals surface area contributed by atoms with Crippen LogP contribution in [0.2, 0.25) is 0 Å². The Bertz CT molecular complexity index is 476. The minimum absolute atomic E-state index is 0.224. The molecular weight excluding hydrogens is 270 g/mol. The van der Waals surface area contributed by atoms with Crippen molar-refractivity contribution in [2.24, 2.45) is 0 Å². The summed E-state index contributed by atoms with van der Waals surface area (Å²) in [6.45, 7) is 6.80. The number of ether oxygens (including phenoxy) is 3. The molecule has 0 aliphatic carbocycles. The molecule has 0 bridgehead atoms. The van der Waals surface area contributed by atoms with E-state index in [4.69, 9.17) is 14.2 Å². The van der Waals surface area contributed by atoms with Gasteiger partial charge in [0.05, 0.1) is 33.0 Å². The molecule has 21 heavy (non-hydrogen) atoms. The Morgan fingerprint density at radius 2 is 1.90 bits per heavy atom. The van der Waals surface area contributed by atoms with E-state index in [1.165, 1.54) is 0 Å². The van der Waals surface area contributed by atoms with Crippen molar-refractivity contribution in [2.45, 2.75) is 32.6 Å². The Morgan fingerprint density at radius 3 is 2.52 bits per heavy atom. The van der Waals surface area contributed by atoms with Crippen LogP contribution in [0.1, 0.15) is 31.1 Å². The third-order valence-corrected chi connectivity index (χ3v) is 3.72. The van der Waals surface area contributed by atoms with Crippen molar-refractivity contribution in [3.63, 3.8) is 0 Å². The molecule has 0 amide bonds. The first-order chi connectivity index (χ1) is 10.1. The van der Waals surface area contributed by atoms with E-state index in [1.807, 2.05) is 26.0 Å². The molecule has 1 atom stereocenters. The standard InChI is InChI=1S/C16H25NO4/c1-11(2)21-8-7-17-9-12-14(19-3)5-6-15(20-4)16(12)13(18)10-17/h5-6,11,13,18H,7-10H2,1-4H3. The van der Waals surface area contributed by atoms with Crippen molar-refractivity contribution < 1.29 is 19.3 Å². The van der Waals surface area contributed by atoms with Crippen LogP contribution in [0.4, 0.5) is 0 Å². The third kappa shape index (κ3) is 3.67. The number of hydrogen-bond acceptors (Lipinski definition) is 5.